The first-order chi connectivity index (χ1) is 16.0. The van der Waals surface area contributed by atoms with Crippen LogP contribution in [-0.4, -0.2) is 28.9 Å². The van der Waals surface area contributed by atoms with Crippen LogP contribution in [0.2, 0.25) is 0 Å². The lowest BCUT2D eigenvalue weighted by atomic mass is 9.63. The highest BCUT2D eigenvalue weighted by Gasteiger charge is 2.46. The Hall–Kier alpha value is -2.63. The van der Waals surface area contributed by atoms with Crippen LogP contribution in [0.4, 0.5) is 0 Å². The molecule has 1 aliphatic heterocycles. The third-order valence-electron chi connectivity index (χ3n) is 7.52. The number of aromatic nitrogens is 1. The summed E-state index contributed by atoms with van der Waals surface area (Å²) in [6.45, 7) is 2.35. The average Bonchev–Trinajstić information content (AvgIpc) is 3.24. The Morgan fingerprint density at radius 1 is 1.06 bits per heavy atom. The number of piperidine rings is 1. The molecule has 0 spiro atoms. The molecule has 5 heteroatoms. The van der Waals surface area contributed by atoms with E-state index in [1.807, 2.05) is 18.0 Å². The van der Waals surface area contributed by atoms with Crippen molar-refractivity contribution in [3.63, 3.8) is 0 Å². The molecule has 3 aromatic carbocycles. The van der Waals surface area contributed by atoms with Crippen molar-refractivity contribution in [2.75, 3.05) is 7.05 Å². The van der Waals surface area contributed by atoms with Crippen LogP contribution in [0.15, 0.2) is 76.0 Å². The molecule has 2 atom stereocenters. The summed E-state index contributed by atoms with van der Waals surface area (Å²) in [4.78, 5) is 20.5. The lowest BCUT2D eigenvalue weighted by Crippen LogP contribution is -2.56. The Labute approximate surface area is 202 Å². The maximum Gasteiger partial charge on any atom is 0.222 e. The van der Waals surface area contributed by atoms with Crippen LogP contribution < -0.4 is 0 Å². The van der Waals surface area contributed by atoms with E-state index >= 15 is 0 Å². The molecule has 0 saturated carbocycles. The van der Waals surface area contributed by atoms with Crippen LogP contribution in [0.25, 0.3) is 21.3 Å². The highest BCUT2D eigenvalue weighted by Crippen LogP contribution is 2.47. The first kappa shape index (κ1) is 20.9. The van der Waals surface area contributed by atoms with Crippen molar-refractivity contribution in [2.45, 2.75) is 53.3 Å². The fourth-order valence-corrected chi connectivity index (χ4v) is 7.87. The number of likely N-dealkylation sites (N-methyl/N-ethyl adjacent to an activating group) is 1. The van der Waals surface area contributed by atoms with Gasteiger partial charge in [0.05, 0.1) is 10.2 Å². The Kier molecular flexibility index (Phi) is 5.07. The molecule has 2 aliphatic rings. The maximum absolute atomic E-state index is 12.3. The molecular weight excluding hydrogens is 444 g/mol. The number of nitrogens with zero attached hydrogens (tertiary/aromatic N) is 2. The van der Waals surface area contributed by atoms with Crippen LogP contribution in [0, 0.1) is 0 Å². The molecule has 0 N–H and O–H groups in total. The van der Waals surface area contributed by atoms with Gasteiger partial charge < -0.3 is 4.90 Å². The highest BCUT2D eigenvalue weighted by molar-refractivity contribution is 8.01. The van der Waals surface area contributed by atoms with E-state index in [9.17, 15) is 4.79 Å². The van der Waals surface area contributed by atoms with E-state index in [0.717, 1.165) is 29.1 Å². The van der Waals surface area contributed by atoms with Gasteiger partial charge in [0, 0.05) is 35.4 Å². The summed E-state index contributed by atoms with van der Waals surface area (Å²) < 4.78 is 2.30. The number of carbonyl (C=O) groups excluding carboxylic acids is 1. The Balaban J connectivity index is 1.32. The number of thiazole rings is 1. The molecular formula is C28H26N2OS2. The van der Waals surface area contributed by atoms with Crippen molar-refractivity contribution in [3.05, 3.63) is 77.9 Å². The van der Waals surface area contributed by atoms with Gasteiger partial charge in [-0.15, -0.1) is 11.3 Å². The number of hydrogen-bond donors (Lipinski definition) is 0. The van der Waals surface area contributed by atoms with Crippen molar-refractivity contribution >= 4 is 39.2 Å². The molecule has 4 aromatic rings. The van der Waals surface area contributed by atoms with Crippen LogP contribution in [0.3, 0.4) is 0 Å². The molecule has 6 rings (SSSR count). The molecule has 0 radical (unpaired) electrons. The standard InChI is InChI=1S/C28H26N2OS2/c1-28-16-15-25(31)30(2)24(28)14-11-19-17-20(12-13-22(19)28)32-27-29-26-21(9-6-10-23(26)33-27)18-7-4-3-5-8-18/h3-10,12-13,17,24H,11,14-16H2,1-2H3/t24?,28-/m1/s1. The Morgan fingerprint density at radius 3 is 2.76 bits per heavy atom. The second-order valence-electron chi connectivity index (χ2n) is 9.40. The van der Waals surface area contributed by atoms with Gasteiger partial charge in [-0.2, -0.15) is 0 Å². The Morgan fingerprint density at radius 2 is 1.91 bits per heavy atom. The van der Waals surface area contributed by atoms with E-state index in [0.29, 0.717) is 18.4 Å². The van der Waals surface area contributed by atoms with Crippen LogP contribution >= 0.6 is 23.1 Å². The summed E-state index contributed by atoms with van der Waals surface area (Å²) in [7, 11) is 1.98. The quantitative estimate of drug-likeness (QED) is 0.325. The van der Waals surface area contributed by atoms with E-state index in [1.165, 1.54) is 31.8 Å². The summed E-state index contributed by atoms with van der Waals surface area (Å²) in [6, 6.07) is 24.2. The molecule has 3 nitrogen and oxygen atoms in total. The van der Waals surface area contributed by atoms with Gasteiger partial charge in [0.1, 0.15) is 0 Å². The minimum atomic E-state index is 0.0554. The van der Waals surface area contributed by atoms with Gasteiger partial charge in [-0.3, -0.25) is 4.79 Å². The van der Waals surface area contributed by atoms with Gasteiger partial charge in [-0.05, 0) is 54.2 Å². The molecule has 1 unspecified atom stereocenters. The average molecular weight is 471 g/mol. The topological polar surface area (TPSA) is 33.2 Å². The van der Waals surface area contributed by atoms with E-state index in [4.69, 9.17) is 4.98 Å². The molecule has 1 aliphatic carbocycles. The monoisotopic (exact) mass is 470 g/mol. The third-order valence-corrected chi connectivity index (χ3v) is 9.59. The Bertz CT molecular complexity index is 1360. The van der Waals surface area contributed by atoms with E-state index in [2.05, 4.69) is 67.6 Å². The van der Waals surface area contributed by atoms with Crippen molar-refractivity contribution in [3.8, 4) is 11.1 Å². The van der Waals surface area contributed by atoms with Crippen molar-refractivity contribution in [1.82, 2.24) is 9.88 Å². The normalized spacial score (nSPS) is 22.3. The molecule has 2 heterocycles. The lowest BCUT2D eigenvalue weighted by Gasteiger charge is -2.50. The number of likely N-dealkylation sites (tertiary alicyclic amines) is 1. The van der Waals surface area contributed by atoms with E-state index in [1.54, 1.807) is 23.1 Å². The summed E-state index contributed by atoms with van der Waals surface area (Å²) in [5, 5.41) is 0. The number of amides is 1. The predicted octanol–water partition coefficient (Wildman–Crippen LogP) is 6.94. The molecule has 0 bridgehead atoms. The van der Waals surface area contributed by atoms with E-state index in [-0.39, 0.29) is 5.41 Å². The van der Waals surface area contributed by atoms with Gasteiger partial charge in [0.25, 0.3) is 0 Å². The third kappa shape index (κ3) is 3.49. The number of rotatable bonds is 3. The summed E-state index contributed by atoms with van der Waals surface area (Å²) >= 11 is 3.53. The fraction of sp³-hybridized carbons (Fsp3) is 0.286. The lowest BCUT2D eigenvalue weighted by molar-refractivity contribution is -0.138. The molecule has 1 fully saturated rings. The molecule has 1 saturated heterocycles. The second kappa shape index (κ2) is 8.00. The highest BCUT2D eigenvalue weighted by atomic mass is 32.2. The largest absolute Gasteiger partial charge is 0.342 e. The first-order valence-electron chi connectivity index (χ1n) is 11.5. The number of carbonyl (C=O) groups is 1. The van der Waals surface area contributed by atoms with Crippen LogP contribution in [-0.2, 0) is 16.6 Å². The summed E-state index contributed by atoms with van der Waals surface area (Å²) in [5.74, 6) is 0.291. The zero-order valence-electron chi connectivity index (χ0n) is 18.9. The molecule has 33 heavy (non-hydrogen) atoms. The number of hydrogen-bond acceptors (Lipinski definition) is 4. The van der Waals surface area contributed by atoms with Gasteiger partial charge in [0.15, 0.2) is 4.34 Å². The first-order valence-corrected chi connectivity index (χ1v) is 13.2. The van der Waals surface area contributed by atoms with Crippen molar-refractivity contribution in [1.29, 1.82) is 0 Å². The fourth-order valence-electron chi connectivity index (χ4n) is 5.75. The van der Waals surface area contributed by atoms with Gasteiger partial charge in [-0.25, -0.2) is 4.98 Å². The molecule has 1 amide bonds. The van der Waals surface area contributed by atoms with Gasteiger partial charge in [-0.1, -0.05) is 67.2 Å². The number of aryl methyl sites for hydroxylation is 1. The second-order valence-corrected chi connectivity index (χ2v) is 11.7. The van der Waals surface area contributed by atoms with Crippen LogP contribution in [0.5, 0.6) is 0 Å². The van der Waals surface area contributed by atoms with Crippen molar-refractivity contribution < 1.29 is 4.79 Å². The minimum absolute atomic E-state index is 0.0554. The van der Waals surface area contributed by atoms with Gasteiger partial charge >= 0.3 is 0 Å². The van der Waals surface area contributed by atoms with E-state index < -0.39 is 0 Å². The van der Waals surface area contributed by atoms with Gasteiger partial charge in [0.2, 0.25) is 5.91 Å². The maximum atomic E-state index is 12.3. The minimum Gasteiger partial charge on any atom is -0.342 e. The van der Waals surface area contributed by atoms with Crippen LogP contribution in [0.1, 0.15) is 37.3 Å². The summed E-state index contributed by atoms with van der Waals surface area (Å²) in [5.41, 5.74) is 6.40. The smallest absolute Gasteiger partial charge is 0.222 e. The molecule has 166 valence electrons. The zero-order valence-corrected chi connectivity index (χ0v) is 20.5. The summed E-state index contributed by atoms with van der Waals surface area (Å²) in [6.07, 6.45) is 3.66. The number of para-hydroxylation sites is 1. The number of benzene rings is 3. The zero-order chi connectivity index (χ0) is 22.6. The molecule has 1 aromatic heterocycles. The predicted molar refractivity (Wildman–Crippen MR) is 137 cm³/mol. The van der Waals surface area contributed by atoms with Crippen molar-refractivity contribution in [2.24, 2.45) is 0 Å². The number of fused-ring (bicyclic) bond motifs is 4. The SMILES string of the molecule is CN1C(=O)CC[C@]2(C)c3ccc(Sc4nc5c(-c6ccccc6)cccc5s4)cc3CCC12.